The molecule has 0 atom stereocenters. The van der Waals surface area contributed by atoms with Crippen molar-refractivity contribution in [2.45, 2.75) is 14.8 Å². The molecule has 0 fully saturated rings. The fourth-order valence-corrected chi connectivity index (χ4v) is 7.27. The molecule has 1 nitrogen and oxygen atoms in total. The van der Waals surface area contributed by atoms with E-state index >= 15 is 0 Å². The minimum absolute atomic E-state index is 0.543. The Bertz CT molecular complexity index is 294. The molecule has 0 saturated carbocycles. The molecule has 4 heteroatoms. The number of hydrogen-bond donors (Lipinski definition) is 0. The van der Waals surface area contributed by atoms with Crippen LogP contribution in [0, 0.1) is 0 Å². The molecule has 12 heavy (non-hydrogen) atoms. The Morgan fingerprint density at radius 3 is 2.25 bits per heavy atom. The van der Waals surface area contributed by atoms with Gasteiger partial charge in [-0.1, -0.05) is 0 Å². The molecule has 0 aliphatic carbocycles. The second-order valence-corrected chi connectivity index (χ2v) is 18.9. The first-order valence-electron chi connectivity index (χ1n) is 3.73. The van der Waals surface area contributed by atoms with E-state index in [2.05, 4.69) is 19.8 Å². The van der Waals surface area contributed by atoms with Gasteiger partial charge in [-0.05, 0) is 0 Å². The first-order valence-corrected chi connectivity index (χ1v) is 14.5. The molecule has 1 aromatic heterocycles. The van der Waals surface area contributed by atoms with Gasteiger partial charge in [0.2, 0.25) is 0 Å². The van der Waals surface area contributed by atoms with Crippen LogP contribution < -0.4 is 3.58 Å². The first kappa shape index (κ1) is 10.6. The Morgan fingerprint density at radius 2 is 1.83 bits per heavy atom. The predicted molar refractivity (Wildman–Crippen MR) is 57.2 cm³/mol. The summed E-state index contributed by atoms with van der Waals surface area (Å²) in [5, 5.41) is 1.31. The van der Waals surface area contributed by atoms with Gasteiger partial charge < -0.3 is 0 Å². The molecule has 0 aliphatic rings. The van der Waals surface area contributed by atoms with Crippen LogP contribution >= 0.6 is 23.2 Å². The average molecular weight is 311 g/mol. The quantitative estimate of drug-likeness (QED) is 0.574. The predicted octanol–water partition coefficient (Wildman–Crippen LogP) is 2.93. The summed E-state index contributed by atoms with van der Waals surface area (Å²) in [6.07, 6.45) is 1.64. The van der Waals surface area contributed by atoms with Gasteiger partial charge in [0.25, 0.3) is 0 Å². The standard InChI is InChI=1S/C5H2Cl2N.3CH3.Sn/c6-4-1-2-5(7)8-3-4;;;;/h2-3H;3*1H3;. The van der Waals surface area contributed by atoms with Gasteiger partial charge in [0.1, 0.15) is 0 Å². The van der Waals surface area contributed by atoms with Crippen LogP contribution in [0.2, 0.25) is 25.0 Å². The molecule has 0 N–H and O–H groups in total. The molecule has 0 aliphatic heterocycles. The Labute approximate surface area is 87.0 Å². The van der Waals surface area contributed by atoms with E-state index < -0.39 is 18.4 Å². The van der Waals surface area contributed by atoms with Crippen molar-refractivity contribution < 1.29 is 0 Å². The van der Waals surface area contributed by atoms with Crippen molar-refractivity contribution in [1.29, 1.82) is 0 Å². The number of hydrogen-bond acceptors (Lipinski definition) is 1. The summed E-state index contributed by atoms with van der Waals surface area (Å²) < 4.78 is 1.24. The molecular formula is C8H11Cl2NSn. The van der Waals surface area contributed by atoms with Crippen LogP contribution in [0.1, 0.15) is 0 Å². The van der Waals surface area contributed by atoms with Gasteiger partial charge in [-0.3, -0.25) is 0 Å². The maximum absolute atomic E-state index is 6.01. The zero-order valence-electron chi connectivity index (χ0n) is 7.36. The number of halogens is 2. The fourth-order valence-electron chi connectivity index (χ4n) is 0.988. The SMILES string of the molecule is [CH3][Sn]([CH3])([CH3])[c]1cc(Cl)ncc1Cl. The van der Waals surface area contributed by atoms with Gasteiger partial charge in [-0.25, -0.2) is 0 Å². The van der Waals surface area contributed by atoms with Crippen LogP contribution in [0.15, 0.2) is 12.3 Å². The Morgan fingerprint density at radius 1 is 1.25 bits per heavy atom. The van der Waals surface area contributed by atoms with Gasteiger partial charge in [0.15, 0.2) is 0 Å². The van der Waals surface area contributed by atoms with Crippen LogP contribution in [-0.4, -0.2) is 23.4 Å². The maximum atomic E-state index is 6.01. The second kappa shape index (κ2) is 3.72. The average Bonchev–Trinajstić information content (AvgIpc) is 1.92. The van der Waals surface area contributed by atoms with Gasteiger partial charge in [-0.15, -0.1) is 0 Å². The summed E-state index contributed by atoms with van der Waals surface area (Å²) in [4.78, 5) is 10.8. The van der Waals surface area contributed by atoms with Crippen molar-refractivity contribution in [3.8, 4) is 0 Å². The van der Waals surface area contributed by atoms with E-state index in [4.69, 9.17) is 23.2 Å². The zero-order valence-corrected chi connectivity index (χ0v) is 11.7. The molecule has 1 heterocycles. The summed E-state index contributed by atoms with van der Waals surface area (Å²) in [5.74, 6) is 0. The van der Waals surface area contributed by atoms with Crippen LogP contribution in [0.3, 0.4) is 0 Å². The summed E-state index contributed by atoms with van der Waals surface area (Å²) in [6, 6.07) is 1.90. The van der Waals surface area contributed by atoms with Crippen LogP contribution in [0.4, 0.5) is 0 Å². The third kappa shape index (κ3) is 2.51. The number of nitrogens with zero attached hydrogens (tertiary/aromatic N) is 1. The van der Waals surface area contributed by atoms with Crippen molar-refractivity contribution >= 4 is 45.2 Å². The number of rotatable bonds is 1. The molecule has 1 aromatic rings. The van der Waals surface area contributed by atoms with Gasteiger partial charge in [0, 0.05) is 0 Å². The summed E-state index contributed by atoms with van der Waals surface area (Å²) in [6.45, 7) is 0. The molecule has 0 amide bonds. The third-order valence-electron chi connectivity index (χ3n) is 1.63. The molecular weight excluding hydrogens is 300 g/mol. The van der Waals surface area contributed by atoms with Crippen LogP contribution in [0.25, 0.3) is 0 Å². The molecule has 0 aromatic carbocycles. The molecule has 0 unspecified atom stereocenters. The second-order valence-electron chi connectivity index (χ2n) is 3.74. The topological polar surface area (TPSA) is 12.9 Å². The van der Waals surface area contributed by atoms with Crippen molar-refractivity contribution in [1.82, 2.24) is 4.98 Å². The van der Waals surface area contributed by atoms with Crippen LogP contribution in [0.5, 0.6) is 0 Å². The fraction of sp³-hybridized carbons (Fsp3) is 0.375. The Kier molecular flexibility index (Phi) is 3.29. The normalized spacial score (nSPS) is 11.8. The monoisotopic (exact) mass is 311 g/mol. The van der Waals surface area contributed by atoms with E-state index in [1.54, 1.807) is 6.20 Å². The van der Waals surface area contributed by atoms with Crippen molar-refractivity contribution in [3.63, 3.8) is 0 Å². The molecule has 66 valence electrons. The first-order chi connectivity index (χ1) is 5.41. The van der Waals surface area contributed by atoms with E-state index in [0.29, 0.717) is 5.15 Å². The molecule has 0 saturated heterocycles. The van der Waals surface area contributed by atoms with E-state index in [-0.39, 0.29) is 0 Å². The van der Waals surface area contributed by atoms with Gasteiger partial charge in [-0.2, -0.15) is 0 Å². The van der Waals surface area contributed by atoms with Crippen LogP contribution in [-0.2, 0) is 0 Å². The minimum atomic E-state index is -2.07. The molecule has 1 rings (SSSR count). The Balaban J connectivity index is 3.23. The van der Waals surface area contributed by atoms with E-state index in [9.17, 15) is 0 Å². The number of aromatic nitrogens is 1. The van der Waals surface area contributed by atoms with Crippen molar-refractivity contribution in [3.05, 3.63) is 22.4 Å². The number of pyridine rings is 1. The molecule has 0 bridgehead atoms. The summed E-state index contributed by atoms with van der Waals surface area (Å²) in [5.41, 5.74) is 0. The van der Waals surface area contributed by atoms with Gasteiger partial charge in [0.05, 0.1) is 0 Å². The summed E-state index contributed by atoms with van der Waals surface area (Å²) in [7, 11) is 0. The molecule has 0 spiro atoms. The van der Waals surface area contributed by atoms with Crippen molar-refractivity contribution in [2.75, 3.05) is 0 Å². The Hall–Kier alpha value is 0.529. The van der Waals surface area contributed by atoms with E-state index in [1.165, 1.54) is 3.58 Å². The summed E-state index contributed by atoms with van der Waals surface area (Å²) >= 11 is 9.73. The van der Waals surface area contributed by atoms with Crippen molar-refractivity contribution in [2.24, 2.45) is 0 Å². The molecule has 0 radical (unpaired) electrons. The zero-order chi connectivity index (χ0) is 9.35. The van der Waals surface area contributed by atoms with E-state index in [1.807, 2.05) is 6.07 Å². The van der Waals surface area contributed by atoms with E-state index in [0.717, 1.165) is 5.02 Å². The third-order valence-corrected chi connectivity index (χ3v) is 8.38. The van der Waals surface area contributed by atoms with Gasteiger partial charge >= 0.3 is 87.4 Å².